The maximum absolute atomic E-state index is 12.1. The molecule has 0 spiro atoms. The highest BCUT2D eigenvalue weighted by molar-refractivity contribution is 5.76. The fraction of sp³-hybridized carbons (Fsp3) is 0.727. The van der Waals surface area contributed by atoms with Gasteiger partial charge in [-0.1, -0.05) is 0 Å². The summed E-state index contributed by atoms with van der Waals surface area (Å²) in [5, 5.41) is 7.48. The average Bonchev–Trinajstić information content (AvgIpc) is 2.58. The summed E-state index contributed by atoms with van der Waals surface area (Å²) >= 11 is 0. The van der Waals surface area contributed by atoms with Crippen molar-refractivity contribution in [2.75, 3.05) is 19.6 Å². The fourth-order valence-electron chi connectivity index (χ4n) is 2.14. The van der Waals surface area contributed by atoms with Gasteiger partial charge in [-0.05, 0) is 20.8 Å². The lowest BCUT2D eigenvalue weighted by Crippen LogP contribution is -2.53. The number of nitrogens with one attached hydrogen (secondary N) is 1. The first-order chi connectivity index (χ1) is 8.08. The number of nitrogens with zero attached hydrogens (tertiary/aromatic N) is 4. The molecule has 17 heavy (non-hydrogen) atoms. The van der Waals surface area contributed by atoms with E-state index in [4.69, 9.17) is 0 Å². The lowest BCUT2D eigenvalue weighted by Gasteiger charge is -2.34. The molecule has 0 bridgehead atoms. The molecule has 2 rings (SSSR count). The van der Waals surface area contributed by atoms with E-state index in [9.17, 15) is 4.79 Å². The van der Waals surface area contributed by atoms with E-state index in [0.29, 0.717) is 5.82 Å². The molecular formula is C11H19N5O. The van der Waals surface area contributed by atoms with Gasteiger partial charge in [-0.25, -0.2) is 9.67 Å². The summed E-state index contributed by atoms with van der Waals surface area (Å²) < 4.78 is 1.67. The molecule has 1 aromatic heterocycles. The van der Waals surface area contributed by atoms with Crippen LogP contribution in [-0.2, 0) is 11.3 Å². The summed E-state index contributed by atoms with van der Waals surface area (Å²) in [7, 11) is 0. The van der Waals surface area contributed by atoms with Gasteiger partial charge in [-0.2, -0.15) is 5.10 Å². The van der Waals surface area contributed by atoms with Crippen molar-refractivity contribution in [3.8, 4) is 0 Å². The van der Waals surface area contributed by atoms with Gasteiger partial charge in [0.25, 0.3) is 0 Å². The molecular weight excluding hydrogens is 218 g/mol. The maximum Gasteiger partial charge on any atom is 0.244 e. The lowest BCUT2D eigenvalue weighted by atomic mass is 10.2. The number of aryl methyl sites for hydroxylation is 2. The van der Waals surface area contributed by atoms with Crippen LogP contribution in [0, 0.1) is 13.8 Å². The number of carbonyl (C=O) groups is 1. The van der Waals surface area contributed by atoms with Gasteiger partial charge >= 0.3 is 0 Å². The Morgan fingerprint density at radius 1 is 1.53 bits per heavy atom. The Morgan fingerprint density at radius 2 is 2.29 bits per heavy atom. The second-order valence-electron chi connectivity index (χ2n) is 4.50. The normalized spacial score (nSPS) is 20.6. The van der Waals surface area contributed by atoms with Crippen LogP contribution in [0.15, 0.2) is 0 Å². The van der Waals surface area contributed by atoms with Crippen LogP contribution in [-0.4, -0.2) is 51.2 Å². The molecule has 1 aromatic rings. The molecule has 1 aliphatic rings. The van der Waals surface area contributed by atoms with E-state index in [0.717, 1.165) is 25.5 Å². The Labute approximate surface area is 101 Å². The van der Waals surface area contributed by atoms with Gasteiger partial charge in [-0.15, -0.1) is 0 Å². The van der Waals surface area contributed by atoms with Crippen molar-refractivity contribution >= 4 is 5.91 Å². The maximum atomic E-state index is 12.1. The first kappa shape index (κ1) is 12.0. The van der Waals surface area contributed by atoms with Crippen molar-refractivity contribution in [1.82, 2.24) is 25.0 Å². The lowest BCUT2D eigenvalue weighted by molar-refractivity contribution is -0.134. The molecule has 0 radical (unpaired) electrons. The van der Waals surface area contributed by atoms with E-state index in [2.05, 4.69) is 22.3 Å². The minimum absolute atomic E-state index is 0.118. The summed E-state index contributed by atoms with van der Waals surface area (Å²) in [4.78, 5) is 18.3. The Kier molecular flexibility index (Phi) is 3.42. The number of hydrogen-bond donors (Lipinski definition) is 1. The third-order valence-electron chi connectivity index (χ3n) is 3.07. The Bertz CT molecular complexity index is 414. The average molecular weight is 237 g/mol. The third-order valence-corrected chi connectivity index (χ3v) is 3.07. The van der Waals surface area contributed by atoms with E-state index in [-0.39, 0.29) is 18.5 Å². The summed E-state index contributed by atoms with van der Waals surface area (Å²) in [5.41, 5.74) is 0. The molecule has 1 unspecified atom stereocenters. The predicted octanol–water partition coefficient (Wildman–Crippen LogP) is -0.285. The molecule has 1 saturated heterocycles. The van der Waals surface area contributed by atoms with Crippen LogP contribution in [0.4, 0.5) is 0 Å². The first-order valence-electron chi connectivity index (χ1n) is 5.96. The molecule has 0 saturated carbocycles. The zero-order valence-corrected chi connectivity index (χ0v) is 10.6. The number of aromatic nitrogens is 3. The highest BCUT2D eigenvalue weighted by Crippen LogP contribution is 2.05. The first-order valence-corrected chi connectivity index (χ1v) is 5.96. The van der Waals surface area contributed by atoms with Crippen LogP contribution >= 0.6 is 0 Å². The molecule has 0 aliphatic carbocycles. The minimum atomic E-state index is 0.118. The van der Waals surface area contributed by atoms with Crippen molar-refractivity contribution < 1.29 is 4.79 Å². The minimum Gasteiger partial charge on any atom is -0.336 e. The molecule has 1 fully saturated rings. The number of carbonyl (C=O) groups excluding carboxylic acids is 1. The monoisotopic (exact) mass is 237 g/mol. The number of piperazine rings is 1. The van der Waals surface area contributed by atoms with E-state index in [1.807, 2.05) is 18.7 Å². The zero-order chi connectivity index (χ0) is 12.4. The fourth-order valence-corrected chi connectivity index (χ4v) is 2.14. The number of hydrogen-bond acceptors (Lipinski definition) is 4. The van der Waals surface area contributed by atoms with Crippen LogP contribution in [0.3, 0.4) is 0 Å². The summed E-state index contributed by atoms with van der Waals surface area (Å²) in [6.45, 7) is 8.55. The number of rotatable bonds is 2. The van der Waals surface area contributed by atoms with E-state index in [1.165, 1.54) is 0 Å². The standard InChI is InChI=1S/C11H19N5O/c1-8-6-12-4-5-15(8)11(17)7-16-10(3)13-9(2)14-16/h8,12H,4-7H2,1-3H3. The molecule has 6 heteroatoms. The van der Waals surface area contributed by atoms with Crippen molar-refractivity contribution in [2.45, 2.75) is 33.4 Å². The van der Waals surface area contributed by atoms with Gasteiger partial charge in [0.15, 0.2) is 0 Å². The van der Waals surface area contributed by atoms with Crippen molar-refractivity contribution in [1.29, 1.82) is 0 Å². The smallest absolute Gasteiger partial charge is 0.244 e. The molecule has 1 amide bonds. The predicted molar refractivity (Wildman–Crippen MR) is 63.5 cm³/mol. The summed E-state index contributed by atoms with van der Waals surface area (Å²) in [6, 6.07) is 0.251. The molecule has 6 nitrogen and oxygen atoms in total. The molecule has 2 heterocycles. The largest absolute Gasteiger partial charge is 0.336 e. The van der Waals surface area contributed by atoms with Crippen molar-refractivity contribution in [3.05, 3.63) is 11.6 Å². The van der Waals surface area contributed by atoms with Gasteiger partial charge in [0, 0.05) is 25.7 Å². The quantitative estimate of drug-likeness (QED) is 0.768. The van der Waals surface area contributed by atoms with Crippen LogP contribution in [0.1, 0.15) is 18.6 Å². The van der Waals surface area contributed by atoms with Gasteiger partial charge in [-0.3, -0.25) is 4.79 Å². The Morgan fingerprint density at radius 3 is 2.88 bits per heavy atom. The second-order valence-corrected chi connectivity index (χ2v) is 4.50. The van der Waals surface area contributed by atoms with E-state index < -0.39 is 0 Å². The highest BCUT2D eigenvalue weighted by Gasteiger charge is 2.23. The van der Waals surface area contributed by atoms with Gasteiger partial charge < -0.3 is 10.2 Å². The zero-order valence-electron chi connectivity index (χ0n) is 10.6. The van der Waals surface area contributed by atoms with Crippen LogP contribution in [0.2, 0.25) is 0 Å². The Balaban J connectivity index is 2.03. The Hall–Kier alpha value is -1.43. The SMILES string of the molecule is Cc1nc(C)n(CC(=O)N2CCNCC2C)n1. The molecule has 94 valence electrons. The van der Waals surface area contributed by atoms with Crippen LogP contribution in [0.5, 0.6) is 0 Å². The van der Waals surface area contributed by atoms with Crippen LogP contribution in [0.25, 0.3) is 0 Å². The molecule has 1 aliphatic heterocycles. The van der Waals surface area contributed by atoms with Crippen LogP contribution < -0.4 is 5.32 Å². The topological polar surface area (TPSA) is 63.1 Å². The molecule has 1 atom stereocenters. The van der Waals surface area contributed by atoms with Gasteiger partial charge in [0.05, 0.1) is 0 Å². The molecule has 0 aromatic carbocycles. The summed E-state index contributed by atoms with van der Waals surface area (Å²) in [5.74, 6) is 1.62. The van der Waals surface area contributed by atoms with Gasteiger partial charge in [0.2, 0.25) is 5.91 Å². The molecule has 1 N–H and O–H groups in total. The van der Waals surface area contributed by atoms with E-state index >= 15 is 0 Å². The third kappa shape index (κ3) is 2.63. The highest BCUT2D eigenvalue weighted by atomic mass is 16.2. The number of amides is 1. The van der Waals surface area contributed by atoms with Gasteiger partial charge in [0.1, 0.15) is 18.2 Å². The summed E-state index contributed by atoms with van der Waals surface area (Å²) in [6.07, 6.45) is 0. The van der Waals surface area contributed by atoms with E-state index in [1.54, 1.807) is 4.68 Å². The van der Waals surface area contributed by atoms with Crippen molar-refractivity contribution in [2.24, 2.45) is 0 Å². The second kappa shape index (κ2) is 4.83. The van der Waals surface area contributed by atoms with Crippen molar-refractivity contribution in [3.63, 3.8) is 0 Å².